The van der Waals surface area contributed by atoms with Gasteiger partial charge in [0.25, 0.3) is 0 Å². The molecule has 0 aliphatic carbocycles. The fraction of sp³-hybridized carbons (Fsp3) is 0.250. The number of ether oxygens (including phenoxy) is 1. The molecule has 1 aliphatic rings. The number of rotatable bonds is 3. The third kappa shape index (κ3) is 2.35. The van der Waals surface area contributed by atoms with Gasteiger partial charge in [0.2, 0.25) is 0 Å². The average Bonchev–Trinajstić information content (AvgIpc) is 2.92. The van der Waals surface area contributed by atoms with Gasteiger partial charge in [-0.1, -0.05) is 40.2 Å². The lowest BCUT2D eigenvalue weighted by molar-refractivity contribution is 0.350. The molecule has 0 spiro atoms. The van der Waals surface area contributed by atoms with Crippen molar-refractivity contribution in [2.24, 2.45) is 5.84 Å². The summed E-state index contributed by atoms with van der Waals surface area (Å²) < 4.78 is 6.84. The maximum absolute atomic E-state index is 5.83. The number of nitrogens with one attached hydrogen (secondary N) is 1. The van der Waals surface area contributed by atoms with E-state index in [2.05, 4.69) is 58.6 Å². The van der Waals surface area contributed by atoms with Crippen LogP contribution >= 0.6 is 15.9 Å². The Morgan fingerprint density at radius 3 is 2.90 bits per heavy atom. The number of hydrazine groups is 1. The van der Waals surface area contributed by atoms with Gasteiger partial charge in [0.05, 0.1) is 12.6 Å². The van der Waals surface area contributed by atoms with Crippen molar-refractivity contribution in [1.82, 2.24) is 5.43 Å². The van der Waals surface area contributed by atoms with Crippen molar-refractivity contribution >= 4 is 15.9 Å². The molecule has 1 heterocycles. The molecule has 0 amide bonds. The molecular formula is C16H17BrN2O. The molecule has 3 nitrogen and oxygen atoms in total. The standard InChI is InChI=1S/C16H17BrN2O/c1-10-5-6-12(17)9-14(10)15(19-18)13-4-2-3-11-7-8-20-16(11)13/h2-6,9,15,19H,7-8,18H2,1H3. The van der Waals surface area contributed by atoms with E-state index in [1.54, 1.807) is 0 Å². The van der Waals surface area contributed by atoms with Crippen molar-refractivity contribution < 1.29 is 4.74 Å². The topological polar surface area (TPSA) is 47.3 Å². The second-order valence-corrected chi connectivity index (χ2v) is 5.95. The van der Waals surface area contributed by atoms with Gasteiger partial charge in [0, 0.05) is 16.5 Å². The van der Waals surface area contributed by atoms with Crippen LogP contribution in [0.2, 0.25) is 0 Å². The third-order valence-electron chi connectivity index (χ3n) is 3.77. The summed E-state index contributed by atoms with van der Waals surface area (Å²) >= 11 is 3.53. The summed E-state index contributed by atoms with van der Waals surface area (Å²) in [6.45, 7) is 2.84. The number of nitrogens with two attached hydrogens (primary N) is 1. The van der Waals surface area contributed by atoms with E-state index in [0.717, 1.165) is 34.4 Å². The molecule has 20 heavy (non-hydrogen) atoms. The number of hydrogen-bond donors (Lipinski definition) is 2. The highest BCUT2D eigenvalue weighted by molar-refractivity contribution is 9.10. The van der Waals surface area contributed by atoms with E-state index in [1.165, 1.54) is 11.1 Å². The largest absolute Gasteiger partial charge is 0.493 e. The maximum Gasteiger partial charge on any atom is 0.127 e. The van der Waals surface area contributed by atoms with Crippen molar-refractivity contribution in [3.05, 3.63) is 63.1 Å². The van der Waals surface area contributed by atoms with Gasteiger partial charge in [-0.2, -0.15) is 0 Å². The van der Waals surface area contributed by atoms with Crippen molar-refractivity contribution in [1.29, 1.82) is 0 Å². The summed E-state index contributed by atoms with van der Waals surface area (Å²) in [5, 5.41) is 0. The Morgan fingerprint density at radius 2 is 2.10 bits per heavy atom. The maximum atomic E-state index is 5.83. The Kier molecular flexibility index (Phi) is 3.78. The molecule has 0 radical (unpaired) electrons. The minimum absolute atomic E-state index is 0.0689. The van der Waals surface area contributed by atoms with Crippen LogP contribution in [0.15, 0.2) is 40.9 Å². The van der Waals surface area contributed by atoms with E-state index in [0.29, 0.717) is 0 Å². The van der Waals surface area contributed by atoms with Gasteiger partial charge in [-0.15, -0.1) is 0 Å². The number of hydrogen-bond acceptors (Lipinski definition) is 3. The van der Waals surface area contributed by atoms with E-state index in [9.17, 15) is 0 Å². The monoisotopic (exact) mass is 332 g/mol. The summed E-state index contributed by atoms with van der Waals surface area (Å²) in [6, 6.07) is 12.4. The van der Waals surface area contributed by atoms with Crippen LogP contribution in [0.4, 0.5) is 0 Å². The smallest absolute Gasteiger partial charge is 0.127 e. The first-order chi connectivity index (χ1) is 9.70. The first-order valence-corrected chi connectivity index (χ1v) is 7.47. The van der Waals surface area contributed by atoms with E-state index < -0.39 is 0 Å². The van der Waals surface area contributed by atoms with Crippen LogP contribution < -0.4 is 16.0 Å². The van der Waals surface area contributed by atoms with Gasteiger partial charge < -0.3 is 4.74 Å². The molecule has 4 heteroatoms. The van der Waals surface area contributed by atoms with E-state index in [4.69, 9.17) is 10.6 Å². The molecule has 1 unspecified atom stereocenters. The minimum atomic E-state index is -0.0689. The molecule has 1 aliphatic heterocycles. The lowest BCUT2D eigenvalue weighted by Crippen LogP contribution is -2.29. The number of benzene rings is 2. The van der Waals surface area contributed by atoms with Crippen molar-refractivity contribution in [2.45, 2.75) is 19.4 Å². The molecule has 104 valence electrons. The van der Waals surface area contributed by atoms with Crippen LogP contribution in [-0.4, -0.2) is 6.61 Å². The molecular weight excluding hydrogens is 316 g/mol. The molecule has 0 saturated heterocycles. The Hall–Kier alpha value is -1.36. The van der Waals surface area contributed by atoms with Gasteiger partial charge in [-0.05, 0) is 35.7 Å². The molecule has 0 aromatic heterocycles. The van der Waals surface area contributed by atoms with Crippen LogP contribution in [0.5, 0.6) is 5.75 Å². The van der Waals surface area contributed by atoms with Crippen LogP contribution in [-0.2, 0) is 6.42 Å². The third-order valence-corrected chi connectivity index (χ3v) is 4.27. The Bertz CT molecular complexity index is 642. The van der Waals surface area contributed by atoms with E-state index in [1.807, 2.05) is 6.07 Å². The van der Waals surface area contributed by atoms with Crippen LogP contribution in [0.3, 0.4) is 0 Å². The minimum Gasteiger partial charge on any atom is -0.493 e. The van der Waals surface area contributed by atoms with Gasteiger partial charge in [0.15, 0.2) is 0 Å². The first-order valence-electron chi connectivity index (χ1n) is 6.67. The molecule has 3 N–H and O–H groups in total. The molecule has 3 rings (SSSR count). The highest BCUT2D eigenvalue weighted by Crippen LogP contribution is 2.37. The lowest BCUT2D eigenvalue weighted by Gasteiger charge is -2.21. The summed E-state index contributed by atoms with van der Waals surface area (Å²) in [5.41, 5.74) is 7.65. The molecule has 1 atom stereocenters. The summed E-state index contributed by atoms with van der Waals surface area (Å²) in [6.07, 6.45) is 0.970. The average molecular weight is 333 g/mol. The molecule has 0 saturated carbocycles. The summed E-state index contributed by atoms with van der Waals surface area (Å²) in [4.78, 5) is 0. The first kappa shape index (κ1) is 13.6. The van der Waals surface area contributed by atoms with Crippen LogP contribution in [0, 0.1) is 6.92 Å². The van der Waals surface area contributed by atoms with Gasteiger partial charge in [0.1, 0.15) is 5.75 Å². The Balaban J connectivity index is 2.11. The van der Waals surface area contributed by atoms with Crippen LogP contribution in [0.25, 0.3) is 0 Å². The van der Waals surface area contributed by atoms with Crippen molar-refractivity contribution in [3.63, 3.8) is 0 Å². The number of aryl methyl sites for hydroxylation is 1. The van der Waals surface area contributed by atoms with Gasteiger partial charge in [-0.3, -0.25) is 5.84 Å². The highest BCUT2D eigenvalue weighted by atomic mass is 79.9. The zero-order valence-corrected chi connectivity index (χ0v) is 12.9. The zero-order valence-electron chi connectivity index (χ0n) is 11.3. The van der Waals surface area contributed by atoms with E-state index in [-0.39, 0.29) is 6.04 Å². The predicted octanol–water partition coefficient (Wildman–Crippen LogP) is 3.25. The lowest BCUT2D eigenvalue weighted by atomic mass is 9.93. The van der Waals surface area contributed by atoms with Crippen LogP contribution in [0.1, 0.15) is 28.3 Å². The predicted molar refractivity (Wildman–Crippen MR) is 83.7 cm³/mol. The fourth-order valence-corrected chi connectivity index (χ4v) is 3.12. The molecule has 0 bridgehead atoms. The quantitative estimate of drug-likeness (QED) is 0.670. The fourth-order valence-electron chi connectivity index (χ4n) is 2.74. The summed E-state index contributed by atoms with van der Waals surface area (Å²) in [7, 11) is 0. The highest BCUT2D eigenvalue weighted by Gasteiger charge is 2.23. The normalized spacial score (nSPS) is 14.8. The summed E-state index contributed by atoms with van der Waals surface area (Å²) in [5.74, 6) is 6.81. The SMILES string of the molecule is Cc1ccc(Br)cc1C(NN)c1cccc2c1OCC2. The second kappa shape index (κ2) is 5.56. The number of fused-ring (bicyclic) bond motifs is 1. The number of para-hydroxylation sites is 1. The van der Waals surface area contributed by atoms with Crippen molar-refractivity contribution in [3.8, 4) is 5.75 Å². The van der Waals surface area contributed by atoms with E-state index >= 15 is 0 Å². The van der Waals surface area contributed by atoms with Gasteiger partial charge in [-0.25, -0.2) is 5.43 Å². The molecule has 0 fully saturated rings. The van der Waals surface area contributed by atoms with Crippen molar-refractivity contribution in [2.75, 3.05) is 6.61 Å². The van der Waals surface area contributed by atoms with Gasteiger partial charge >= 0.3 is 0 Å². The molecule has 2 aromatic rings. The Labute approximate surface area is 127 Å². The molecule has 2 aromatic carbocycles. The number of halogens is 1. The Morgan fingerprint density at radius 1 is 1.25 bits per heavy atom. The zero-order chi connectivity index (χ0) is 14.1. The second-order valence-electron chi connectivity index (χ2n) is 5.03.